The van der Waals surface area contributed by atoms with Crippen molar-refractivity contribution in [2.24, 2.45) is 12.8 Å². The van der Waals surface area contributed by atoms with E-state index in [0.717, 1.165) is 11.4 Å². The maximum Gasteiger partial charge on any atom is 0.170 e. The Bertz CT molecular complexity index is 479. The SMILES string of the molecule is Cn1nc(C(C)(C)N)nc1-c1ccccc1. The van der Waals surface area contributed by atoms with Crippen LogP contribution >= 0.6 is 0 Å². The van der Waals surface area contributed by atoms with E-state index in [4.69, 9.17) is 5.73 Å². The first kappa shape index (κ1) is 10.8. The lowest BCUT2D eigenvalue weighted by molar-refractivity contribution is 0.509. The highest BCUT2D eigenvalue weighted by Crippen LogP contribution is 2.19. The van der Waals surface area contributed by atoms with Crippen molar-refractivity contribution in [1.82, 2.24) is 14.8 Å². The summed E-state index contributed by atoms with van der Waals surface area (Å²) in [5.74, 6) is 1.50. The van der Waals surface area contributed by atoms with E-state index in [2.05, 4.69) is 10.1 Å². The van der Waals surface area contributed by atoms with Crippen molar-refractivity contribution < 1.29 is 0 Å². The Balaban J connectivity index is 2.48. The molecule has 0 unspecified atom stereocenters. The quantitative estimate of drug-likeness (QED) is 0.830. The Labute approximate surface area is 95.1 Å². The maximum atomic E-state index is 5.98. The molecule has 0 aliphatic heterocycles. The fourth-order valence-electron chi connectivity index (χ4n) is 1.50. The molecular formula is C12H16N4. The van der Waals surface area contributed by atoms with Crippen LogP contribution in [0, 0.1) is 0 Å². The number of hydrogen-bond acceptors (Lipinski definition) is 3. The molecule has 4 heteroatoms. The number of benzene rings is 1. The highest BCUT2D eigenvalue weighted by molar-refractivity contribution is 5.54. The lowest BCUT2D eigenvalue weighted by atomic mass is 10.1. The van der Waals surface area contributed by atoms with Crippen LogP contribution in [0.3, 0.4) is 0 Å². The summed E-state index contributed by atoms with van der Waals surface area (Å²) in [6.07, 6.45) is 0. The van der Waals surface area contributed by atoms with Crippen LogP contribution in [0.25, 0.3) is 11.4 Å². The first-order valence-electron chi connectivity index (χ1n) is 5.24. The van der Waals surface area contributed by atoms with Gasteiger partial charge in [0.15, 0.2) is 11.6 Å². The fraction of sp³-hybridized carbons (Fsp3) is 0.333. The summed E-state index contributed by atoms with van der Waals surface area (Å²) < 4.78 is 1.76. The van der Waals surface area contributed by atoms with E-state index in [1.165, 1.54) is 0 Å². The number of rotatable bonds is 2. The van der Waals surface area contributed by atoms with E-state index in [0.29, 0.717) is 5.82 Å². The Morgan fingerprint density at radius 1 is 1.19 bits per heavy atom. The summed E-state index contributed by atoms with van der Waals surface area (Å²) in [7, 11) is 1.88. The zero-order valence-electron chi connectivity index (χ0n) is 9.81. The van der Waals surface area contributed by atoms with Crippen molar-refractivity contribution in [2.75, 3.05) is 0 Å². The Kier molecular flexibility index (Phi) is 2.52. The van der Waals surface area contributed by atoms with Gasteiger partial charge in [-0.15, -0.1) is 0 Å². The van der Waals surface area contributed by atoms with E-state index >= 15 is 0 Å². The summed E-state index contributed by atoms with van der Waals surface area (Å²) in [4.78, 5) is 4.48. The molecule has 0 aliphatic rings. The van der Waals surface area contributed by atoms with E-state index in [-0.39, 0.29) is 0 Å². The molecular weight excluding hydrogens is 200 g/mol. The fourth-order valence-corrected chi connectivity index (χ4v) is 1.50. The number of aryl methyl sites for hydroxylation is 1. The van der Waals surface area contributed by atoms with E-state index in [1.54, 1.807) is 4.68 Å². The van der Waals surface area contributed by atoms with Gasteiger partial charge in [-0.2, -0.15) is 5.10 Å². The van der Waals surface area contributed by atoms with Gasteiger partial charge in [-0.05, 0) is 13.8 Å². The standard InChI is InChI=1S/C12H16N4/c1-12(2,13)11-14-10(16(3)15-11)9-7-5-4-6-8-9/h4-8H,13H2,1-3H3. The second-order valence-corrected chi connectivity index (χ2v) is 4.47. The van der Waals surface area contributed by atoms with Gasteiger partial charge in [0.2, 0.25) is 0 Å². The largest absolute Gasteiger partial charge is 0.319 e. The molecule has 1 aromatic heterocycles. The Morgan fingerprint density at radius 3 is 2.31 bits per heavy atom. The molecule has 4 nitrogen and oxygen atoms in total. The molecule has 0 amide bonds. The van der Waals surface area contributed by atoms with Crippen LogP contribution in [0.1, 0.15) is 19.7 Å². The van der Waals surface area contributed by atoms with Gasteiger partial charge in [0.05, 0.1) is 5.54 Å². The van der Waals surface area contributed by atoms with Crippen LogP contribution in [0.5, 0.6) is 0 Å². The lowest BCUT2D eigenvalue weighted by Gasteiger charge is -2.12. The lowest BCUT2D eigenvalue weighted by Crippen LogP contribution is -2.30. The van der Waals surface area contributed by atoms with E-state index in [1.807, 2.05) is 51.2 Å². The summed E-state index contributed by atoms with van der Waals surface area (Å²) in [6, 6.07) is 9.97. The molecule has 2 aromatic rings. The van der Waals surface area contributed by atoms with Crippen LogP contribution in [0.2, 0.25) is 0 Å². The van der Waals surface area contributed by atoms with Crippen molar-refractivity contribution in [2.45, 2.75) is 19.4 Å². The van der Waals surface area contributed by atoms with Crippen LogP contribution in [0.15, 0.2) is 30.3 Å². The number of aromatic nitrogens is 3. The minimum atomic E-state index is -0.509. The molecule has 0 spiro atoms. The van der Waals surface area contributed by atoms with Crippen LogP contribution in [-0.4, -0.2) is 14.8 Å². The molecule has 0 bridgehead atoms. The normalized spacial score (nSPS) is 11.8. The smallest absolute Gasteiger partial charge is 0.170 e. The molecule has 0 fully saturated rings. The first-order chi connectivity index (χ1) is 7.48. The zero-order chi connectivity index (χ0) is 11.8. The van der Waals surface area contributed by atoms with Crippen LogP contribution in [0.4, 0.5) is 0 Å². The van der Waals surface area contributed by atoms with Gasteiger partial charge in [0.1, 0.15) is 0 Å². The van der Waals surface area contributed by atoms with E-state index in [9.17, 15) is 0 Å². The van der Waals surface area contributed by atoms with Gasteiger partial charge < -0.3 is 5.73 Å². The molecule has 2 rings (SSSR count). The summed E-state index contributed by atoms with van der Waals surface area (Å²) in [5.41, 5.74) is 6.52. The minimum absolute atomic E-state index is 0.509. The molecule has 0 atom stereocenters. The highest BCUT2D eigenvalue weighted by Gasteiger charge is 2.21. The monoisotopic (exact) mass is 216 g/mol. The van der Waals surface area contributed by atoms with Crippen LogP contribution in [-0.2, 0) is 12.6 Å². The predicted octanol–water partition coefficient (Wildman–Crippen LogP) is 1.68. The molecule has 84 valence electrons. The van der Waals surface area contributed by atoms with Gasteiger partial charge in [-0.3, -0.25) is 0 Å². The van der Waals surface area contributed by atoms with Gasteiger partial charge in [-0.25, -0.2) is 9.67 Å². The molecule has 16 heavy (non-hydrogen) atoms. The molecule has 0 saturated carbocycles. The van der Waals surface area contributed by atoms with Crippen molar-refractivity contribution in [3.8, 4) is 11.4 Å². The van der Waals surface area contributed by atoms with Crippen molar-refractivity contribution in [3.63, 3.8) is 0 Å². The maximum absolute atomic E-state index is 5.98. The summed E-state index contributed by atoms with van der Waals surface area (Å²) in [6.45, 7) is 3.80. The number of nitrogens with zero attached hydrogens (tertiary/aromatic N) is 3. The van der Waals surface area contributed by atoms with Crippen molar-refractivity contribution >= 4 is 0 Å². The zero-order valence-corrected chi connectivity index (χ0v) is 9.81. The second-order valence-electron chi connectivity index (χ2n) is 4.47. The highest BCUT2D eigenvalue weighted by atomic mass is 15.3. The summed E-state index contributed by atoms with van der Waals surface area (Å²) in [5, 5.41) is 4.34. The molecule has 0 aliphatic carbocycles. The van der Waals surface area contributed by atoms with Gasteiger partial charge in [0, 0.05) is 12.6 Å². The average molecular weight is 216 g/mol. The number of hydrogen-bond donors (Lipinski definition) is 1. The minimum Gasteiger partial charge on any atom is -0.319 e. The Morgan fingerprint density at radius 2 is 1.81 bits per heavy atom. The average Bonchev–Trinajstić information content (AvgIpc) is 2.61. The first-order valence-corrected chi connectivity index (χ1v) is 5.24. The predicted molar refractivity (Wildman–Crippen MR) is 63.7 cm³/mol. The van der Waals surface area contributed by atoms with E-state index < -0.39 is 5.54 Å². The van der Waals surface area contributed by atoms with Crippen LogP contribution < -0.4 is 5.73 Å². The third-order valence-corrected chi connectivity index (χ3v) is 2.37. The topological polar surface area (TPSA) is 56.7 Å². The molecule has 2 N–H and O–H groups in total. The van der Waals surface area contributed by atoms with Crippen molar-refractivity contribution in [1.29, 1.82) is 0 Å². The third kappa shape index (κ3) is 1.97. The van der Waals surface area contributed by atoms with Gasteiger partial charge >= 0.3 is 0 Å². The van der Waals surface area contributed by atoms with Crippen molar-refractivity contribution in [3.05, 3.63) is 36.2 Å². The number of nitrogens with two attached hydrogens (primary N) is 1. The van der Waals surface area contributed by atoms with Gasteiger partial charge in [-0.1, -0.05) is 30.3 Å². The molecule has 1 aromatic carbocycles. The Hall–Kier alpha value is -1.68. The van der Waals surface area contributed by atoms with Gasteiger partial charge in [0.25, 0.3) is 0 Å². The molecule has 0 saturated heterocycles. The third-order valence-electron chi connectivity index (χ3n) is 2.37. The summed E-state index contributed by atoms with van der Waals surface area (Å²) >= 11 is 0. The molecule has 1 heterocycles. The second kappa shape index (κ2) is 3.72. The molecule has 0 radical (unpaired) electrons.